The monoisotopic (exact) mass is 437 g/mol. The molecule has 160 valence electrons. The lowest BCUT2D eigenvalue weighted by atomic mass is 10.2. The molecule has 2 fully saturated rings. The Labute approximate surface area is 186 Å². The predicted octanol–water partition coefficient (Wildman–Crippen LogP) is 3.97. The van der Waals surface area contributed by atoms with Gasteiger partial charge in [-0.2, -0.15) is 0 Å². The van der Waals surface area contributed by atoms with Gasteiger partial charge < -0.3 is 19.9 Å². The van der Waals surface area contributed by atoms with E-state index in [1.807, 2.05) is 36.4 Å². The number of anilines is 3. The van der Waals surface area contributed by atoms with Crippen LogP contribution in [0.2, 0.25) is 5.02 Å². The van der Waals surface area contributed by atoms with Crippen molar-refractivity contribution in [2.75, 3.05) is 54.5 Å². The number of aromatic nitrogens is 2. The Hall–Kier alpha value is -2.90. The zero-order valence-corrected chi connectivity index (χ0v) is 17.9. The van der Waals surface area contributed by atoms with E-state index < -0.39 is 0 Å². The largest absolute Gasteiger partial charge is 0.378 e. The molecule has 0 atom stereocenters. The highest BCUT2D eigenvalue weighted by atomic mass is 35.5. The van der Waals surface area contributed by atoms with Crippen LogP contribution in [0.15, 0.2) is 42.5 Å². The van der Waals surface area contributed by atoms with E-state index >= 15 is 0 Å². The number of para-hydroxylation sites is 2. The number of nitrogens with zero attached hydrogens (tertiary/aromatic N) is 4. The fourth-order valence-electron chi connectivity index (χ4n) is 4.13. The van der Waals surface area contributed by atoms with Crippen molar-refractivity contribution in [3.63, 3.8) is 0 Å². The third-order valence-corrected chi connectivity index (χ3v) is 6.03. The lowest BCUT2D eigenvalue weighted by Gasteiger charge is -2.29. The van der Waals surface area contributed by atoms with Crippen LogP contribution >= 0.6 is 11.6 Å². The van der Waals surface area contributed by atoms with Gasteiger partial charge in [0.1, 0.15) is 0 Å². The first kappa shape index (κ1) is 20.0. The van der Waals surface area contributed by atoms with Gasteiger partial charge in [0.2, 0.25) is 0 Å². The van der Waals surface area contributed by atoms with Crippen LogP contribution in [0.25, 0.3) is 11.0 Å². The van der Waals surface area contributed by atoms with Crippen molar-refractivity contribution in [2.45, 2.75) is 12.8 Å². The molecule has 0 saturated carbocycles. The smallest absolute Gasteiger partial charge is 0.278 e. The van der Waals surface area contributed by atoms with Crippen molar-refractivity contribution in [3.05, 3.63) is 53.2 Å². The van der Waals surface area contributed by atoms with E-state index in [-0.39, 0.29) is 5.91 Å². The molecule has 2 aliphatic rings. The van der Waals surface area contributed by atoms with Gasteiger partial charge in [0.15, 0.2) is 11.5 Å². The minimum absolute atomic E-state index is 0.282. The maximum atomic E-state index is 13.2. The number of benzene rings is 2. The van der Waals surface area contributed by atoms with Crippen LogP contribution in [0.1, 0.15) is 23.3 Å². The molecule has 31 heavy (non-hydrogen) atoms. The summed E-state index contributed by atoms with van der Waals surface area (Å²) in [5.74, 6) is 0.361. The molecule has 2 aromatic carbocycles. The number of amides is 1. The summed E-state index contributed by atoms with van der Waals surface area (Å²) < 4.78 is 5.41. The zero-order chi connectivity index (χ0) is 21.2. The number of hydrogen-bond donors (Lipinski definition) is 1. The van der Waals surface area contributed by atoms with Gasteiger partial charge in [0.25, 0.3) is 5.91 Å². The van der Waals surface area contributed by atoms with Crippen LogP contribution in [0.5, 0.6) is 0 Å². The van der Waals surface area contributed by atoms with E-state index in [0.717, 1.165) is 50.2 Å². The van der Waals surface area contributed by atoms with Crippen LogP contribution in [0, 0.1) is 0 Å². The van der Waals surface area contributed by atoms with Crippen LogP contribution in [-0.2, 0) is 4.74 Å². The van der Waals surface area contributed by atoms with Crippen LogP contribution < -0.4 is 15.1 Å². The molecular formula is C23H24ClN5O2. The third-order valence-electron chi connectivity index (χ3n) is 5.73. The number of nitrogens with one attached hydrogen (secondary N) is 1. The molecule has 3 aromatic rings. The predicted molar refractivity (Wildman–Crippen MR) is 123 cm³/mol. The van der Waals surface area contributed by atoms with Crippen molar-refractivity contribution in [1.29, 1.82) is 0 Å². The standard InChI is InChI=1S/C23H24ClN5O2/c24-17-15-16(7-8-20(17)28-11-13-31-14-12-28)25-23(30)21-22(29-9-3-4-10-29)27-19-6-2-1-5-18(19)26-21/h1-2,5-8,15H,3-4,9-14H2,(H,25,30). The molecule has 8 heteroatoms. The molecule has 0 spiro atoms. The Bertz CT molecular complexity index is 1110. The Morgan fingerprint density at radius 3 is 2.35 bits per heavy atom. The average molecular weight is 438 g/mol. The Morgan fingerprint density at radius 2 is 1.65 bits per heavy atom. The second-order valence-corrected chi connectivity index (χ2v) is 8.21. The van der Waals surface area contributed by atoms with Crippen LogP contribution in [0.4, 0.5) is 17.2 Å². The molecule has 0 unspecified atom stereocenters. The first-order chi connectivity index (χ1) is 15.2. The van der Waals surface area contributed by atoms with Crippen molar-refractivity contribution in [3.8, 4) is 0 Å². The Kier molecular flexibility index (Phi) is 5.61. The van der Waals surface area contributed by atoms with E-state index in [1.165, 1.54) is 0 Å². The second-order valence-electron chi connectivity index (χ2n) is 7.80. The summed E-state index contributed by atoms with van der Waals surface area (Å²) in [5, 5.41) is 3.56. The van der Waals surface area contributed by atoms with Gasteiger partial charge in [-0.25, -0.2) is 9.97 Å². The molecule has 0 radical (unpaired) electrons. The van der Waals surface area contributed by atoms with Crippen molar-refractivity contribution >= 4 is 45.7 Å². The van der Waals surface area contributed by atoms with Gasteiger partial charge in [-0.1, -0.05) is 23.7 Å². The molecule has 0 bridgehead atoms. The lowest BCUT2D eigenvalue weighted by Crippen LogP contribution is -2.36. The maximum Gasteiger partial charge on any atom is 0.278 e. The summed E-state index contributed by atoms with van der Waals surface area (Å²) in [4.78, 5) is 27.0. The molecule has 2 aliphatic heterocycles. The fraction of sp³-hybridized carbons (Fsp3) is 0.348. The van der Waals surface area contributed by atoms with Gasteiger partial charge in [-0.15, -0.1) is 0 Å². The number of ether oxygens (including phenoxy) is 1. The summed E-state index contributed by atoms with van der Waals surface area (Å²) in [5.41, 5.74) is 3.42. The SMILES string of the molecule is O=C(Nc1ccc(N2CCOCC2)c(Cl)c1)c1nc2ccccc2nc1N1CCCC1. The van der Waals surface area contributed by atoms with Crippen molar-refractivity contribution in [2.24, 2.45) is 0 Å². The second kappa shape index (κ2) is 8.69. The molecule has 1 N–H and O–H groups in total. The number of carbonyl (C=O) groups excluding carboxylic acids is 1. The summed E-state index contributed by atoms with van der Waals surface area (Å²) in [6.45, 7) is 4.75. The molecule has 7 nitrogen and oxygen atoms in total. The third kappa shape index (κ3) is 4.16. The summed E-state index contributed by atoms with van der Waals surface area (Å²) in [7, 11) is 0. The quantitative estimate of drug-likeness (QED) is 0.666. The van der Waals surface area contributed by atoms with Gasteiger partial charge in [0, 0.05) is 31.9 Å². The van der Waals surface area contributed by atoms with E-state index in [0.29, 0.717) is 41.0 Å². The number of morpholine rings is 1. The van der Waals surface area contributed by atoms with Crippen LogP contribution in [0.3, 0.4) is 0 Å². The Morgan fingerprint density at radius 1 is 0.935 bits per heavy atom. The van der Waals surface area contributed by atoms with Crippen molar-refractivity contribution < 1.29 is 9.53 Å². The van der Waals surface area contributed by atoms with Crippen molar-refractivity contribution in [1.82, 2.24) is 9.97 Å². The normalized spacial score (nSPS) is 16.7. The highest BCUT2D eigenvalue weighted by Gasteiger charge is 2.24. The van der Waals surface area contributed by atoms with E-state index in [4.69, 9.17) is 21.3 Å². The maximum absolute atomic E-state index is 13.2. The number of hydrogen-bond acceptors (Lipinski definition) is 6. The minimum atomic E-state index is -0.282. The first-order valence-corrected chi connectivity index (χ1v) is 11.0. The Balaban J connectivity index is 1.43. The van der Waals surface area contributed by atoms with Gasteiger partial charge in [-0.3, -0.25) is 4.79 Å². The number of halogens is 1. The number of fused-ring (bicyclic) bond motifs is 1. The fourth-order valence-corrected chi connectivity index (χ4v) is 4.43. The molecule has 1 amide bonds. The molecule has 0 aliphatic carbocycles. The van der Waals surface area contributed by atoms with Crippen LogP contribution in [-0.4, -0.2) is 55.3 Å². The summed E-state index contributed by atoms with van der Waals surface area (Å²) >= 11 is 6.54. The molecule has 3 heterocycles. The topological polar surface area (TPSA) is 70.6 Å². The first-order valence-electron chi connectivity index (χ1n) is 10.6. The number of carbonyl (C=O) groups is 1. The molecule has 5 rings (SSSR count). The molecule has 2 saturated heterocycles. The van der Waals surface area contributed by atoms with E-state index in [2.05, 4.69) is 20.1 Å². The number of rotatable bonds is 4. The minimum Gasteiger partial charge on any atom is -0.378 e. The van der Waals surface area contributed by atoms with E-state index in [9.17, 15) is 4.79 Å². The van der Waals surface area contributed by atoms with Gasteiger partial charge >= 0.3 is 0 Å². The average Bonchev–Trinajstić information content (AvgIpc) is 3.34. The van der Waals surface area contributed by atoms with E-state index in [1.54, 1.807) is 6.07 Å². The zero-order valence-electron chi connectivity index (χ0n) is 17.2. The molecule has 1 aromatic heterocycles. The summed E-state index contributed by atoms with van der Waals surface area (Å²) in [6.07, 6.45) is 2.18. The highest BCUT2D eigenvalue weighted by Crippen LogP contribution is 2.30. The summed E-state index contributed by atoms with van der Waals surface area (Å²) in [6, 6.07) is 13.2. The van der Waals surface area contributed by atoms with Gasteiger partial charge in [-0.05, 0) is 43.2 Å². The molecular weight excluding hydrogens is 414 g/mol. The highest BCUT2D eigenvalue weighted by molar-refractivity contribution is 6.33. The lowest BCUT2D eigenvalue weighted by molar-refractivity contribution is 0.102. The van der Waals surface area contributed by atoms with Gasteiger partial charge in [0.05, 0.1) is 35.0 Å².